The molecule has 1 aromatic carbocycles. The number of nitrogens with one attached hydrogen (secondary N) is 3. The summed E-state index contributed by atoms with van der Waals surface area (Å²) in [5, 5.41) is 6.82. The minimum Gasteiger partial charge on any atom is -0.357 e. The molecule has 1 saturated heterocycles. The summed E-state index contributed by atoms with van der Waals surface area (Å²) in [6, 6.07) is 11.4. The van der Waals surface area contributed by atoms with Crippen LogP contribution in [0.4, 0.5) is 0 Å². The number of guanidine groups is 1. The zero-order valence-corrected chi connectivity index (χ0v) is 19.2. The Morgan fingerprint density at radius 2 is 1.97 bits per heavy atom. The molecule has 0 aliphatic carbocycles. The maximum absolute atomic E-state index is 11.5. The third-order valence-corrected chi connectivity index (χ3v) is 5.94. The van der Waals surface area contributed by atoms with Crippen molar-refractivity contribution in [2.75, 3.05) is 25.9 Å². The molecule has 1 fully saturated rings. The van der Waals surface area contributed by atoms with Crippen LogP contribution in [0, 0.1) is 0 Å². The van der Waals surface area contributed by atoms with Crippen molar-refractivity contribution in [3.63, 3.8) is 0 Å². The van der Waals surface area contributed by atoms with Crippen molar-refractivity contribution in [3.8, 4) is 0 Å². The number of piperidine rings is 1. The van der Waals surface area contributed by atoms with E-state index in [1.807, 2.05) is 20.8 Å². The molecule has 1 aliphatic rings. The van der Waals surface area contributed by atoms with Gasteiger partial charge in [-0.3, -0.25) is 9.89 Å². The van der Waals surface area contributed by atoms with Crippen molar-refractivity contribution in [3.05, 3.63) is 35.9 Å². The Balaban J connectivity index is 1.92. The molecule has 8 heteroatoms. The van der Waals surface area contributed by atoms with E-state index in [9.17, 15) is 8.42 Å². The van der Waals surface area contributed by atoms with Gasteiger partial charge in [-0.15, -0.1) is 0 Å². The van der Waals surface area contributed by atoms with Crippen LogP contribution in [-0.2, 0) is 16.6 Å². The number of sulfonamides is 1. The molecule has 2 rings (SSSR count). The van der Waals surface area contributed by atoms with Crippen LogP contribution in [0.5, 0.6) is 0 Å². The van der Waals surface area contributed by atoms with E-state index in [0.717, 1.165) is 38.4 Å². The Morgan fingerprint density at radius 1 is 1.28 bits per heavy atom. The Bertz CT molecular complexity index is 765. The lowest BCUT2D eigenvalue weighted by Crippen LogP contribution is -2.52. The van der Waals surface area contributed by atoms with Crippen LogP contribution in [-0.4, -0.2) is 62.8 Å². The van der Waals surface area contributed by atoms with Gasteiger partial charge in [-0.25, -0.2) is 13.1 Å². The summed E-state index contributed by atoms with van der Waals surface area (Å²) in [5.41, 5.74) is 0.712. The normalized spacial score (nSPS) is 21.8. The number of aliphatic imine (C=N–C) groups is 1. The van der Waals surface area contributed by atoms with Gasteiger partial charge < -0.3 is 10.6 Å². The molecule has 0 spiro atoms. The summed E-state index contributed by atoms with van der Waals surface area (Å²) >= 11 is 0. The van der Waals surface area contributed by atoms with E-state index in [4.69, 9.17) is 0 Å². The molecule has 0 bridgehead atoms. The monoisotopic (exact) mass is 423 g/mol. The number of nitrogens with zero attached hydrogens (tertiary/aromatic N) is 2. The topological polar surface area (TPSA) is 85.8 Å². The second-order valence-corrected chi connectivity index (χ2v) is 10.4. The summed E-state index contributed by atoms with van der Waals surface area (Å²) in [5.74, 6) is 0.740. The van der Waals surface area contributed by atoms with E-state index in [1.165, 1.54) is 11.8 Å². The van der Waals surface area contributed by atoms with Crippen LogP contribution >= 0.6 is 0 Å². The minimum atomic E-state index is -3.27. The van der Waals surface area contributed by atoms with Crippen molar-refractivity contribution in [2.45, 2.75) is 64.7 Å². The second-order valence-electron chi connectivity index (χ2n) is 8.62. The van der Waals surface area contributed by atoms with E-state index in [2.05, 4.69) is 62.5 Å². The maximum atomic E-state index is 11.5. The highest BCUT2D eigenvalue weighted by atomic mass is 32.2. The predicted octanol–water partition coefficient (Wildman–Crippen LogP) is 1.92. The molecule has 3 N–H and O–H groups in total. The summed E-state index contributed by atoms with van der Waals surface area (Å²) in [4.78, 5) is 7.15. The first-order valence-corrected chi connectivity index (χ1v) is 12.3. The van der Waals surface area contributed by atoms with Gasteiger partial charge in [0.1, 0.15) is 0 Å². The summed E-state index contributed by atoms with van der Waals surface area (Å²) in [6.07, 6.45) is 3.27. The Morgan fingerprint density at radius 3 is 2.55 bits per heavy atom. The number of benzene rings is 1. The third kappa shape index (κ3) is 8.72. The second kappa shape index (κ2) is 10.4. The van der Waals surface area contributed by atoms with Crippen molar-refractivity contribution < 1.29 is 8.42 Å². The molecule has 0 amide bonds. The molecule has 0 radical (unpaired) electrons. The molecule has 29 heavy (non-hydrogen) atoms. The van der Waals surface area contributed by atoms with Gasteiger partial charge in [0.15, 0.2) is 5.96 Å². The van der Waals surface area contributed by atoms with Gasteiger partial charge in [-0.2, -0.15) is 0 Å². The van der Waals surface area contributed by atoms with E-state index in [-0.39, 0.29) is 0 Å². The van der Waals surface area contributed by atoms with Crippen molar-refractivity contribution >= 4 is 16.0 Å². The highest BCUT2D eigenvalue weighted by Gasteiger charge is 2.26. The predicted molar refractivity (Wildman–Crippen MR) is 121 cm³/mol. The minimum absolute atomic E-state index is 0.348. The molecule has 1 heterocycles. The fourth-order valence-corrected chi connectivity index (χ4v) is 4.80. The fourth-order valence-electron chi connectivity index (χ4n) is 3.73. The van der Waals surface area contributed by atoms with Gasteiger partial charge in [-0.1, -0.05) is 30.3 Å². The third-order valence-electron chi connectivity index (χ3n) is 5.02. The largest absolute Gasteiger partial charge is 0.357 e. The Labute approximate surface area is 176 Å². The number of hydrogen-bond donors (Lipinski definition) is 3. The van der Waals surface area contributed by atoms with E-state index in [0.29, 0.717) is 18.6 Å². The smallest absolute Gasteiger partial charge is 0.209 e. The van der Waals surface area contributed by atoms with Gasteiger partial charge in [-0.05, 0) is 46.1 Å². The Hall–Kier alpha value is -1.64. The van der Waals surface area contributed by atoms with Crippen LogP contribution in [0.2, 0.25) is 0 Å². The van der Waals surface area contributed by atoms with Crippen LogP contribution in [0.15, 0.2) is 35.3 Å². The first-order chi connectivity index (χ1) is 13.6. The van der Waals surface area contributed by atoms with Gasteiger partial charge in [0, 0.05) is 37.3 Å². The first kappa shape index (κ1) is 23.6. The standard InChI is InChI=1S/C21H37N5O2S/c1-6-22-20(23-16-21(3,4)25-29(5,27)28)24-19-12-13-26(17(2)14-19)15-18-10-8-7-9-11-18/h7-11,17,19,25H,6,12-16H2,1-5H3,(H2,22,23,24). The Kier molecular flexibility index (Phi) is 8.48. The van der Waals surface area contributed by atoms with Crippen molar-refractivity contribution in [1.82, 2.24) is 20.3 Å². The molecule has 1 aromatic rings. The van der Waals surface area contributed by atoms with Gasteiger partial charge in [0.25, 0.3) is 0 Å². The molecule has 0 saturated carbocycles. The van der Waals surface area contributed by atoms with Gasteiger partial charge >= 0.3 is 0 Å². The van der Waals surface area contributed by atoms with Gasteiger partial charge in [0.2, 0.25) is 10.0 Å². The van der Waals surface area contributed by atoms with Crippen molar-refractivity contribution in [2.24, 2.45) is 4.99 Å². The summed E-state index contributed by atoms with van der Waals surface area (Å²) in [6.45, 7) is 11.1. The number of likely N-dealkylation sites (tertiary alicyclic amines) is 1. The highest BCUT2D eigenvalue weighted by molar-refractivity contribution is 7.88. The maximum Gasteiger partial charge on any atom is 0.209 e. The first-order valence-electron chi connectivity index (χ1n) is 10.4. The fraction of sp³-hybridized carbons (Fsp3) is 0.667. The number of hydrogen-bond acceptors (Lipinski definition) is 4. The van der Waals surface area contributed by atoms with Crippen molar-refractivity contribution in [1.29, 1.82) is 0 Å². The zero-order chi connectivity index (χ0) is 21.5. The lowest BCUT2D eigenvalue weighted by molar-refractivity contribution is 0.134. The molecular formula is C21H37N5O2S. The molecule has 1 aliphatic heterocycles. The van der Waals surface area contributed by atoms with E-state index >= 15 is 0 Å². The highest BCUT2D eigenvalue weighted by Crippen LogP contribution is 2.20. The summed E-state index contributed by atoms with van der Waals surface area (Å²) < 4.78 is 25.7. The van der Waals surface area contributed by atoms with Crippen LogP contribution in [0.3, 0.4) is 0 Å². The lowest BCUT2D eigenvalue weighted by Gasteiger charge is -2.38. The molecule has 2 unspecified atom stereocenters. The lowest BCUT2D eigenvalue weighted by atomic mass is 9.97. The average Bonchev–Trinajstić information content (AvgIpc) is 2.61. The number of rotatable bonds is 8. The molecule has 2 atom stereocenters. The SMILES string of the molecule is CCNC(=NCC(C)(C)NS(C)(=O)=O)NC1CCN(Cc2ccccc2)C(C)C1. The van der Waals surface area contributed by atoms with Crippen LogP contribution in [0.25, 0.3) is 0 Å². The quantitative estimate of drug-likeness (QED) is 0.439. The molecule has 164 valence electrons. The van der Waals surface area contributed by atoms with E-state index < -0.39 is 15.6 Å². The molecule has 0 aromatic heterocycles. The van der Waals surface area contributed by atoms with E-state index in [1.54, 1.807) is 0 Å². The average molecular weight is 424 g/mol. The molecule has 7 nitrogen and oxygen atoms in total. The molecular weight excluding hydrogens is 386 g/mol. The van der Waals surface area contributed by atoms with Crippen LogP contribution < -0.4 is 15.4 Å². The summed E-state index contributed by atoms with van der Waals surface area (Å²) in [7, 11) is -3.27. The van der Waals surface area contributed by atoms with Crippen LogP contribution in [0.1, 0.15) is 46.1 Å². The zero-order valence-electron chi connectivity index (χ0n) is 18.4. The van der Waals surface area contributed by atoms with Gasteiger partial charge in [0.05, 0.1) is 12.8 Å².